The van der Waals surface area contributed by atoms with E-state index in [0.29, 0.717) is 19.4 Å². The van der Waals surface area contributed by atoms with E-state index in [2.05, 4.69) is 52.8 Å². The molecule has 32 heavy (non-hydrogen) atoms. The van der Waals surface area contributed by atoms with Gasteiger partial charge in [-0.3, -0.25) is 10.1 Å². The second kappa shape index (κ2) is 13.6. The summed E-state index contributed by atoms with van der Waals surface area (Å²) < 4.78 is 0. The van der Waals surface area contributed by atoms with Gasteiger partial charge in [0.05, 0.1) is 12.1 Å². The summed E-state index contributed by atoms with van der Waals surface area (Å²) >= 11 is 4.26. The number of hydrogen-bond acceptors (Lipinski definition) is 6. The summed E-state index contributed by atoms with van der Waals surface area (Å²) in [4.78, 5) is 11.6. The first kappa shape index (κ1) is 26.4. The normalized spacial score (nSPS) is 19.8. The number of hydrogen-bond donors (Lipinski definition) is 6. The number of aliphatic hydroxyl groups excluding tert-OH is 1. The number of thiol groups is 1. The van der Waals surface area contributed by atoms with E-state index in [1.165, 1.54) is 11.1 Å². The molecule has 0 aromatic heterocycles. The van der Waals surface area contributed by atoms with Crippen LogP contribution in [0.1, 0.15) is 43.0 Å². The maximum absolute atomic E-state index is 11.6. The molecule has 0 aliphatic heterocycles. The largest absolute Gasteiger partial charge is 0.391 e. The van der Waals surface area contributed by atoms with Crippen LogP contribution in [0.4, 0.5) is 0 Å². The first-order chi connectivity index (χ1) is 15.5. The van der Waals surface area contributed by atoms with Gasteiger partial charge in [0.15, 0.2) is 0 Å². The van der Waals surface area contributed by atoms with Crippen molar-refractivity contribution in [1.29, 1.82) is 0 Å². The summed E-state index contributed by atoms with van der Waals surface area (Å²) in [5.74, 6) is -0.185. The molecule has 7 heteroatoms. The van der Waals surface area contributed by atoms with Crippen LogP contribution >= 0.6 is 12.6 Å². The monoisotopic (exact) mass is 458 g/mol. The van der Waals surface area contributed by atoms with E-state index >= 15 is 0 Å². The molecule has 0 heterocycles. The molecule has 0 saturated carbocycles. The molecule has 1 aliphatic rings. The maximum atomic E-state index is 11.6. The summed E-state index contributed by atoms with van der Waals surface area (Å²) in [5, 5.41) is 19.4. The summed E-state index contributed by atoms with van der Waals surface area (Å²) in [6.07, 6.45) is 1.71. The topological polar surface area (TPSA) is 99.4 Å². The quantitative estimate of drug-likeness (QED) is 0.242. The SMILES string of the molecule is CC.CNC(=O)C(S)NCC(N)CC(Cc1ccccc1)N[C@H]1c2ccccc2C[C@H]1O. The Morgan fingerprint density at radius 2 is 1.81 bits per heavy atom. The zero-order chi connectivity index (χ0) is 23.5. The molecular weight excluding hydrogens is 420 g/mol. The van der Waals surface area contributed by atoms with Crippen molar-refractivity contribution in [2.45, 2.75) is 62.7 Å². The van der Waals surface area contributed by atoms with Crippen LogP contribution in [0.15, 0.2) is 54.6 Å². The Kier molecular flexibility index (Phi) is 11.2. The smallest absolute Gasteiger partial charge is 0.247 e. The molecular formula is C25H38N4O2S. The molecule has 3 unspecified atom stereocenters. The van der Waals surface area contributed by atoms with Crippen LogP contribution in [-0.2, 0) is 17.6 Å². The molecule has 1 aliphatic carbocycles. The van der Waals surface area contributed by atoms with E-state index in [0.717, 1.165) is 12.0 Å². The van der Waals surface area contributed by atoms with E-state index in [-0.39, 0.29) is 24.0 Å². The number of nitrogens with two attached hydrogens (primary N) is 1. The van der Waals surface area contributed by atoms with Crippen molar-refractivity contribution in [3.8, 4) is 0 Å². The third-order valence-corrected chi connectivity index (χ3v) is 6.02. The zero-order valence-corrected chi connectivity index (χ0v) is 20.2. The van der Waals surface area contributed by atoms with Crippen molar-refractivity contribution >= 4 is 18.5 Å². The molecule has 0 bridgehead atoms. The van der Waals surface area contributed by atoms with Crippen LogP contribution in [0.25, 0.3) is 0 Å². The van der Waals surface area contributed by atoms with Gasteiger partial charge in [-0.1, -0.05) is 68.4 Å². The van der Waals surface area contributed by atoms with Gasteiger partial charge in [0, 0.05) is 32.1 Å². The van der Waals surface area contributed by atoms with Crippen LogP contribution < -0.4 is 21.7 Å². The highest BCUT2D eigenvalue weighted by Gasteiger charge is 2.32. The molecule has 0 saturated heterocycles. The first-order valence-electron chi connectivity index (χ1n) is 11.4. The average Bonchev–Trinajstić information content (AvgIpc) is 3.13. The molecule has 0 fully saturated rings. The van der Waals surface area contributed by atoms with Gasteiger partial charge in [-0.2, -0.15) is 12.6 Å². The molecule has 176 valence electrons. The molecule has 0 spiro atoms. The molecule has 5 atom stereocenters. The van der Waals surface area contributed by atoms with E-state index in [4.69, 9.17) is 5.73 Å². The highest BCUT2D eigenvalue weighted by molar-refractivity contribution is 7.81. The summed E-state index contributed by atoms with van der Waals surface area (Å²) in [6.45, 7) is 4.47. The number of likely N-dealkylation sites (N-methyl/N-ethyl adjacent to an activating group) is 1. The van der Waals surface area contributed by atoms with Crippen molar-refractivity contribution in [3.05, 3.63) is 71.3 Å². The fourth-order valence-electron chi connectivity index (χ4n) is 4.08. The average molecular weight is 459 g/mol. The third-order valence-electron chi connectivity index (χ3n) is 5.60. The zero-order valence-electron chi connectivity index (χ0n) is 19.3. The van der Waals surface area contributed by atoms with E-state index in [9.17, 15) is 9.90 Å². The van der Waals surface area contributed by atoms with Gasteiger partial charge < -0.3 is 21.5 Å². The van der Waals surface area contributed by atoms with Crippen molar-refractivity contribution in [1.82, 2.24) is 16.0 Å². The molecule has 3 rings (SSSR count). The van der Waals surface area contributed by atoms with Crippen molar-refractivity contribution in [2.24, 2.45) is 5.73 Å². The van der Waals surface area contributed by atoms with Gasteiger partial charge in [0.25, 0.3) is 0 Å². The Morgan fingerprint density at radius 3 is 2.50 bits per heavy atom. The summed E-state index contributed by atoms with van der Waals surface area (Å²) in [7, 11) is 1.58. The number of aliphatic hydroxyl groups is 1. The Morgan fingerprint density at radius 1 is 1.16 bits per heavy atom. The van der Waals surface area contributed by atoms with Crippen LogP contribution in [0.3, 0.4) is 0 Å². The Bertz CT molecular complexity index is 821. The van der Waals surface area contributed by atoms with Crippen LogP contribution in [0, 0.1) is 0 Å². The number of carbonyl (C=O) groups is 1. The minimum atomic E-state index is -0.592. The highest BCUT2D eigenvalue weighted by atomic mass is 32.1. The molecule has 2 aromatic rings. The fourth-order valence-corrected chi connectivity index (χ4v) is 4.31. The Balaban J connectivity index is 0.00000176. The lowest BCUT2D eigenvalue weighted by Crippen LogP contribution is -2.47. The van der Waals surface area contributed by atoms with Gasteiger partial charge >= 0.3 is 0 Å². The minimum Gasteiger partial charge on any atom is -0.391 e. The number of benzene rings is 2. The number of carbonyl (C=O) groups excluding carboxylic acids is 1. The third kappa shape index (κ3) is 7.60. The van der Waals surface area contributed by atoms with Gasteiger partial charge in [-0.25, -0.2) is 0 Å². The molecule has 6 N–H and O–H groups in total. The number of fused-ring (bicyclic) bond motifs is 1. The predicted octanol–water partition coefficient (Wildman–Crippen LogP) is 2.18. The first-order valence-corrected chi connectivity index (χ1v) is 11.9. The minimum absolute atomic E-state index is 0.0772. The molecule has 6 nitrogen and oxygen atoms in total. The number of amides is 1. The van der Waals surface area contributed by atoms with E-state index < -0.39 is 11.5 Å². The van der Waals surface area contributed by atoms with E-state index in [1.807, 2.05) is 44.2 Å². The van der Waals surface area contributed by atoms with Crippen LogP contribution in [-0.4, -0.2) is 48.2 Å². The second-order valence-corrected chi connectivity index (χ2v) is 8.44. The van der Waals surface area contributed by atoms with Gasteiger partial charge in [-0.15, -0.1) is 0 Å². The van der Waals surface area contributed by atoms with Crippen LogP contribution in [0.2, 0.25) is 0 Å². The molecule has 2 aromatic carbocycles. The van der Waals surface area contributed by atoms with Crippen LogP contribution in [0.5, 0.6) is 0 Å². The lowest BCUT2D eigenvalue weighted by molar-refractivity contribution is -0.120. The van der Waals surface area contributed by atoms with Gasteiger partial charge in [0.2, 0.25) is 5.91 Å². The lowest BCUT2D eigenvalue weighted by Gasteiger charge is -2.28. The maximum Gasteiger partial charge on any atom is 0.247 e. The summed E-state index contributed by atoms with van der Waals surface area (Å²) in [5.41, 5.74) is 9.95. The molecule has 0 radical (unpaired) electrons. The second-order valence-electron chi connectivity index (χ2n) is 7.92. The van der Waals surface area contributed by atoms with Crippen molar-refractivity contribution < 1.29 is 9.90 Å². The highest BCUT2D eigenvalue weighted by Crippen LogP contribution is 2.32. The Hall–Kier alpha value is -1.90. The van der Waals surface area contributed by atoms with Crippen molar-refractivity contribution in [2.75, 3.05) is 13.6 Å². The predicted molar refractivity (Wildman–Crippen MR) is 135 cm³/mol. The number of rotatable bonds is 10. The van der Waals surface area contributed by atoms with E-state index in [1.54, 1.807) is 7.05 Å². The van der Waals surface area contributed by atoms with Crippen molar-refractivity contribution in [3.63, 3.8) is 0 Å². The number of nitrogens with one attached hydrogen (secondary N) is 3. The fraction of sp³-hybridized carbons (Fsp3) is 0.480. The van der Waals surface area contributed by atoms with Gasteiger partial charge in [-0.05, 0) is 29.5 Å². The molecule has 1 amide bonds. The summed E-state index contributed by atoms with van der Waals surface area (Å²) in [6, 6.07) is 18.3. The van der Waals surface area contributed by atoms with Gasteiger partial charge in [0.1, 0.15) is 5.37 Å². The lowest BCUT2D eigenvalue weighted by atomic mass is 9.97. The standard InChI is InChI=1S/C23H32N4O2S.C2H6/c1-25-22(29)23(30)26-14-17(24)13-18(11-15-7-3-2-4-8-15)27-21-19-10-6-5-9-16(19)12-20(21)28;1-2/h2-10,17-18,20-21,23,26-28,30H,11-14,24H2,1H3,(H,25,29);1-2H3/t17?,18?,20-,21+,23?;/m1./s1. The Labute approximate surface area is 197 Å².